The van der Waals surface area contributed by atoms with E-state index >= 15 is 0 Å². The van der Waals surface area contributed by atoms with E-state index in [1.54, 1.807) is 24.0 Å². The number of pyridine rings is 1. The lowest BCUT2D eigenvalue weighted by molar-refractivity contribution is -0.117. The molecule has 1 aromatic rings. The van der Waals surface area contributed by atoms with Gasteiger partial charge < -0.3 is 0 Å². The van der Waals surface area contributed by atoms with E-state index in [0.29, 0.717) is 30.0 Å². The first kappa shape index (κ1) is 11.1. The Kier molecular flexibility index (Phi) is 2.92. The number of carbonyl (C=O) groups excluding carboxylic acids is 1. The number of carbonyl (C=O) groups is 1. The molecule has 0 spiro atoms. The lowest BCUT2D eigenvalue weighted by Crippen LogP contribution is -2.25. The van der Waals surface area contributed by atoms with Gasteiger partial charge in [-0.15, -0.1) is 0 Å². The molecular weight excluding hydrogens is 270 g/mol. The third-order valence-corrected chi connectivity index (χ3v) is 3.16. The van der Waals surface area contributed by atoms with Gasteiger partial charge in [-0.25, -0.2) is 4.98 Å². The Morgan fingerprint density at radius 3 is 2.88 bits per heavy atom. The average molecular weight is 280 g/mol. The Hall–Kier alpha value is -1.41. The molecule has 0 aliphatic carbocycles. The molecule has 4 nitrogen and oxygen atoms in total. The number of amides is 1. The van der Waals surface area contributed by atoms with Crippen LogP contribution < -0.4 is 4.90 Å². The van der Waals surface area contributed by atoms with Crippen molar-refractivity contribution in [1.29, 1.82) is 5.26 Å². The number of aryl methyl sites for hydroxylation is 1. The van der Waals surface area contributed by atoms with Crippen molar-refractivity contribution in [2.45, 2.75) is 18.2 Å². The molecule has 1 aliphatic rings. The van der Waals surface area contributed by atoms with E-state index in [1.807, 2.05) is 0 Å². The summed E-state index contributed by atoms with van der Waals surface area (Å²) in [5.74, 6) is 0.696. The van der Waals surface area contributed by atoms with Gasteiger partial charge in [0.05, 0.1) is 11.3 Å². The molecule has 1 unspecified atom stereocenters. The smallest absolute Gasteiger partial charge is 0.229 e. The van der Waals surface area contributed by atoms with E-state index in [-0.39, 0.29) is 10.7 Å². The number of aromatic nitrogens is 1. The first-order valence-corrected chi connectivity index (χ1v) is 5.85. The average Bonchev–Trinajstić information content (AvgIpc) is 2.58. The third kappa shape index (κ3) is 1.93. The van der Waals surface area contributed by atoms with Gasteiger partial charge in [0.1, 0.15) is 11.9 Å². The highest BCUT2D eigenvalue weighted by molar-refractivity contribution is 9.09. The summed E-state index contributed by atoms with van der Waals surface area (Å²) in [4.78, 5) is 17.8. The maximum Gasteiger partial charge on any atom is 0.229 e. The zero-order valence-electron chi connectivity index (χ0n) is 8.77. The quantitative estimate of drug-likeness (QED) is 0.736. The van der Waals surface area contributed by atoms with Gasteiger partial charge >= 0.3 is 0 Å². The molecule has 1 atom stereocenters. The van der Waals surface area contributed by atoms with E-state index in [1.165, 1.54) is 0 Å². The summed E-state index contributed by atoms with van der Waals surface area (Å²) in [7, 11) is 0. The van der Waals surface area contributed by atoms with Gasteiger partial charge in [0.25, 0.3) is 0 Å². The van der Waals surface area contributed by atoms with Crippen LogP contribution in [0.5, 0.6) is 0 Å². The summed E-state index contributed by atoms with van der Waals surface area (Å²) in [5, 5.41) is 8.79. The predicted octanol–water partition coefficient (Wildman–Crippen LogP) is 1.76. The number of nitriles is 1. The molecule has 1 fully saturated rings. The van der Waals surface area contributed by atoms with Crippen LogP contribution in [0.3, 0.4) is 0 Å². The van der Waals surface area contributed by atoms with E-state index in [2.05, 4.69) is 27.0 Å². The molecule has 2 rings (SSSR count). The Labute approximate surface area is 102 Å². The number of alkyl halides is 1. The van der Waals surface area contributed by atoms with Crippen molar-refractivity contribution < 1.29 is 4.79 Å². The second kappa shape index (κ2) is 4.22. The first-order valence-electron chi connectivity index (χ1n) is 4.94. The zero-order chi connectivity index (χ0) is 11.7. The summed E-state index contributed by atoms with van der Waals surface area (Å²) in [5.41, 5.74) is 1.21. The van der Waals surface area contributed by atoms with Crippen LogP contribution in [-0.2, 0) is 4.79 Å². The number of rotatable bonds is 1. The van der Waals surface area contributed by atoms with Gasteiger partial charge in [0.2, 0.25) is 5.91 Å². The Bertz CT molecular complexity index is 481. The van der Waals surface area contributed by atoms with Crippen LogP contribution in [0.2, 0.25) is 0 Å². The Balaban J connectivity index is 2.32. The van der Waals surface area contributed by atoms with E-state index < -0.39 is 0 Å². The SMILES string of the molecule is Cc1nc(N2CC(Br)CC2=O)ccc1C#N. The Morgan fingerprint density at radius 1 is 1.62 bits per heavy atom. The van der Waals surface area contributed by atoms with Crippen LogP contribution in [0.1, 0.15) is 17.7 Å². The molecular formula is C11H10BrN3O. The van der Waals surface area contributed by atoms with Crippen LogP contribution in [0.15, 0.2) is 12.1 Å². The summed E-state index contributed by atoms with van der Waals surface area (Å²) in [6.45, 7) is 2.41. The largest absolute Gasteiger partial charge is 0.296 e. The molecule has 82 valence electrons. The van der Waals surface area contributed by atoms with Crippen molar-refractivity contribution in [3.05, 3.63) is 23.4 Å². The fourth-order valence-electron chi connectivity index (χ4n) is 1.70. The number of nitrogens with zero attached hydrogens (tertiary/aromatic N) is 3. The second-order valence-corrected chi connectivity index (χ2v) is 5.01. The lowest BCUT2D eigenvalue weighted by Gasteiger charge is -2.15. The molecule has 0 radical (unpaired) electrons. The number of hydrogen-bond acceptors (Lipinski definition) is 3. The first-order chi connectivity index (χ1) is 7.61. The molecule has 16 heavy (non-hydrogen) atoms. The van der Waals surface area contributed by atoms with Gasteiger partial charge in [-0.1, -0.05) is 15.9 Å². The van der Waals surface area contributed by atoms with E-state index in [0.717, 1.165) is 0 Å². The van der Waals surface area contributed by atoms with Gasteiger partial charge in [-0.3, -0.25) is 9.69 Å². The summed E-state index contributed by atoms with van der Waals surface area (Å²) >= 11 is 3.42. The van der Waals surface area contributed by atoms with Crippen LogP contribution in [0.25, 0.3) is 0 Å². The second-order valence-electron chi connectivity index (χ2n) is 3.72. The van der Waals surface area contributed by atoms with Gasteiger partial charge in [0.15, 0.2) is 0 Å². The predicted molar refractivity (Wildman–Crippen MR) is 63.4 cm³/mol. The summed E-state index contributed by atoms with van der Waals surface area (Å²) in [6.07, 6.45) is 0.501. The van der Waals surface area contributed by atoms with Crippen molar-refractivity contribution in [3.8, 4) is 6.07 Å². The van der Waals surface area contributed by atoms with Crippen molar-refractivity contribution in [2.75, 3.05) is 11.4 Å². The van der Waals surface area contributed by atoms with Crippen molar-refractivity contribution in [2.24, 2.45) is 0 Å². The molecule has 2 heterocycles. The number of hydrogen-bond donors (Lipinski definition) is 0. The highest BCUT2D eigenvalue weighted by atomic mass is 79.9. The molecule has 1 aromatic heterocycles. The van der Waals surface area contributed by atoms with Gasteiger partial charge in [-0.05, 0) is 19.1 Å². The van der Waals surface area contributed by atoms with E-state index in [9.17, 15) is 4.79 Å². The van der Waals surface area contributed by atoms with Crippen LogP contribution >= 0.6 is 15.9 Å². The third-order valence-electron chi connectivity index (χ3n) is 2.55. The molecule has 0 aromatic carbocycles. The minimum atomic E-state index is 0.0680. The molecule has 0 saturated carbocycles. The van der Waals surface area contributed by atoms with Gasteiger partial charge in [0, 0.05) is 17.8 Å². The maximum absolute atomic E-state index is 11.6. The number of anilines is 1. The van der Waals surface area contributed by atoms with Crippen molar-refractivity contribution in [1.82, 2.24) is 4.98 Å². The van der Waals surface area contributed by atoms with Crippen molar-refractivity contribution in [3.63, 3.8) is 0 Å². The van der Waals surface area contributed by atoms with Crippen LogP contribution in [0.4, 0.5) is 5.82 Å². The Morgan fingerprint density at radius 2 is 2.38 bits per heavy atom. The monoisotopic (exact) mass is 279 g/mol. The molecule has 1 amide bonds. The molecule has 1 aliphatic heterocycles. The van der Waals surface area contributed by atoms with Crippen molar-refractivity contribution >= 4 is 27.7 Å². The summed E-state index contributed by atoms with van der Waals surface area (Å²) in [6, 6.07) is 5.48. The van der Waals surface area contributed by atoms with Crippen LogP contribution in [-0.4, -0.2) is 22.3 Å². The van der Waals surface area contributed by atoms with Crippen LogP contribution in [0, 0.1) is 18.3 Å². The van der Waals surface area contributed by atoms with Gasteiger partial charge in [-0.2, -0.15) is 5.26 Å². The normalized spacial score (nSPS) is 19.9. The maximum atomic E-state index is 11.6. The fraction of sp³-hybridized carbons (Fsp3) is 0.364. The molecule has 0 N–H and O–H groups in total. The lowest BCUT2D eigenvalue weighted by atomic mass is 10.2. The summed E-state index contributed by atoms with van der Waals surface area (Å²) < 4.78 is 0. The van der Waals surface area contributed by atoms with E-state index in [4.69, 9.17) is 5.26 Å². The molecule has 0 bridgehead atoms. The highest BCUT2D eigenvalue weighted by Crippen LogP contribution is 2.24. The number of halogens is 1. The minimum absolute atomic E-state index is 0.0680. The highest BCUT2D eigenvalue weighted by Gasteiger charge is 2.29. The minimum Gasteiger partial charge on any atom is -0.296 e. The standard InChI is InChI=1S/C11H10BrN3O/c1-7-8(5-13)2-3-10(14-7)15-6-9(12)4-11(15)16/h2-3,9H,4,6H2,1H3. The molecule has 1 saturated heterocycles. The topological polar surface area (TPSA) is 57.0 Å². The fourth-order valence-corrected chi connectivity index (χ4v) is 2.27. The zero-order valence-corrected chi connectivity index (χ0v) is 10.4. The molecule has 5 heteroatoms.